The van der Waals surface area contributed by atoms with Crippen LogP contribution in [0.25, 0.3) is 0 Å². The standard InChI is InChI=1S/C18H23N3O4S2/c1-18(2,3)12-7-19-13(25-12)9-26-14-8-20-17(27-14)21-15(22)10-4-5-11(6-10)16(23)24/h7-8,10-11H,4-6,9H2,1-3H3,(H,23,24)(H,20,21,22). The minimum atomic E-state index is -0.820. The number of carbonyl (C=O) groups is 2. The van der Waals surface area contributed by atoms with Gasteiger partial charge in [-0.15, -0.1) is 11.8 Å². The SMILES string of the molecule is CC(C)(C)c1cnc(CSc2cnc(NC(=O)C3CCC(C(=O)O)C3)s2)o1. The highest BCUT2D eigenvalue weighted by Gasteiger charge is 2.34. The third-order valence-corrected chi connectivity index (χ3v) is 6.59. The normalized spacial score (nSPS) is 20.0. The van der Waals surface area contributed by atoms with Crippen molar-refractivity contribution in [2.75, 3.05) is 5.32 Å². The molecule has 0 aliphatic heterocycles. The Hall–Kier alpha value is -1.87. The van der Waals surface area contributed by atoms with E-state index in [0.29, 0.717) is 36.0 Å². The van der Waals surface area contributed by atoms with Crippen LogP contribution in [-0.4, -0.2) is 27.0 Å². The molecule has 27 heavy (non-hydrogen) atoms. The van der Waals surface area contributed by atoms with Crippen LogP contribution in [0.15, 0.2) is 21.0 Å². The lowest BCUT2D eigenvalue weighted by Gasteiger charge is -2.12. The summed E-state index contributed by atoms with van der Waals surface area (Å²) in [5.74, 6) is 0.470. The Labute approximate surface area is 166 Å². The van der Waals surface area contributed by atoms with E-state index < -0.39 is 11.9 Å². The molecule has 0 bridgehead atoms. The molecule has 2 N–H and O–H groups in total. The van der Waals surface area contributed by atoms with Crippen LogP contribution in [0.4, 0.5) is 5.13 Å². The second-order valence-corrected chi connectivity index (χ2v) is 9.98. The van der Waals surface area contributed by atoms with Crippen LogP contribution in [-0.2, 0) is 20.8 Å². The second kappa shape index (κ2) is 8.02. The van der Waals surface area contributed by atoms with Crippen molar-refractivity contribution in [1.82, 2.24) is 9.97 Å². The molecular formula is C18H23N3O4S2. The Kier molecular flexibility index (Phi) is 5.90. The van der Waals surface area contributed by atoms with Gasteiger partial charge in [-0.2, -0.15) is 0 Å². The fourth-order valence-corrected chi connectivity index (χ4v) is 4.62. The number of thiazole rings is 1. The largest absolute Gasteiger partial charge is 0.481 e. The Morgan fingerprint density at radius 2 is 2.04 bits per heavy atom. The van der Waals surface area contributed by atoms with Crippen molar-refractivity contribution in [3.05, 3.63) is 24.0 Å². The molecule has 2 atom stereocenters. The van der Waals surface area contributed by atoms with E-state index >= 15 is 0 Å². The predicted octanol–water partition coefficient (Wildman–Crippen LogP) is 4.16. The summed E-state index contributed by atoms with van der Waals surface area (Å²) in [7, 11) is 0. The van der Waals surface area contributed by atoms with Crippen molar-refractivity contribution in [1.29, 1.82) is 0 Å². The summed E-state index contributed by atoms with van der Waals surface area (Å²) in [5, 5.41) is 12.4. The van der Waals surface area contributed by atoms with Gasteiger partial charge in [0.2, 0.25) is 11.8 Å². The van der Waals surface area contributed by atoms with Gasteiger partial charge in [0, 0.05) is 11.3 Å². The van der Waals surface area contributed by atoms with Crippen LogP contribution < -0.4 is 5.32 Å². The monoisotopic (exact) mass is 409 g/mol. The van der Waals surface area contributed by atoms with Crippen molar-refractivity contribution < 1.29 is 19.1 Å². The van der Waals surface area contributed by atoms with Gasteiger partial charge in [-0.3, -0.25) is 9.59 Å². The van der Waals surface area contributed by atoms with Crippen LogP contribution in [0.3, 0.4) is 0 Å². The second-order valence-electron chi connectivity index (χ2n) is 7.68. The maximum atomic E-state index is 12.3. The molecule has 146 valence electrons. The third-order valence-electron chi connectivity index (χ3n) is 4.50. The molecule has 1 amide bonds. The molecule has 1 aliphatic rings. The van der Waals surface area contributed by atoms with Crippen LogP contribution in [0.5, 0.6) is 0 Å². The lowest BCUT2D eigenvalue weighted by molar-refractivity contribution is -0.141. The smallest absolute Gasteiger partial charge is 0.306 e. The average molecular weight is 410 g/mol. The van der Waals surface area contributed by atoms with Gasteiger partial charge in [0.15, 0.2) is 5.13 Å². The van der Waals surface area contributed by atoms with Gasteiger partial charge in [0.05, 0.1) is 28.3 Å². The molecule has 1 saturated carbocycles. The molecule has 2 unspecified atom stereocenters. The summed E-state index contributed by atoms with van der Waals surface area (Å²) in [4.78, 5) is 31.9. The van der Waals surface area contributed by atoms with Crippen molar-refractivity contribution in [2.24, 2.45) is 11.8 Å². The predicted molar refractivity (Wildman–Crippen MR) is 104 cm³/mol. The highest BCUT2D eigenvalue weighted by Crippen LogP contribution is 2.34. The maximum Gasteiger partial charge on any atom is 0.306 e. The van der Waals surface area contributed by atoms with Gasteiger partial charge in [0.1, 0.15) is 5.76 Å². The number of oxazole rings is 1. The zero-order valence-corrected chi connectivity index (χ0v) is 17.2. The molecule has 3 rings (SSSR count). The minimum Gasteiger partial charge on any atom is -0.481 e. The number of amides is 1. The first kappa shape index (κ1) is 19.9. The lowest BCUT2D eigenvalue weighted by atomic mass is 9.94. The fourth-order valence-electron chi connectivity index (χ4n) is 2.89. The summed E-state index contributed by atoms with van der Waals surface area (Å²) in [5.41, 5.74) is -0.0717. The number of carboxylic acid groups (broad SMARTS) is 1. The van der Waals surface area contributed by atoms with Crippen molar-refractivity contribution in [3.8, 4) is 0 Å². The van der Waals surface area contributed by atoms with Gasteiger partial charge in [-0.1, -0.05) is 32.1 Å². The summed E-state index contributed by atoms with van der Waals surface area (Å²) in [6.07, 6.45) is 5.04. The average Bonchev–Trinajstić information content (AvgIpc) is 3.32. The number of aromatic nitrogens is 2. The number of rotatable bonds is 6. The minimum absolute atomic E-state index is 0.0717. The molecular weight excluding hydrogens is 386 g/mol. The van der Waals surface area contributed by atoms with Gasteiger partial charge in [-0.05, 0) is 19.3 Å². The Morgan fingerprint density at radius 1 is 1.30 bits per heavy atom. The fraction of sp³-hybridized carbons (Fsp3) is 0.556. The van der Waals surface area contributed by atoms with Crippen LogP contribution >= 0.6 is 23.1 Å². The number of aliphatic carboxylic acids is 1. The molecule has 0 spiro atoms. The Morgan fingerprint density at radius 3 is 2.67 bits per heavy atom. The van der Waals surface area contributed by atoms with E-state index in [1.54, 1.807) is 24.2 Å². The number of anilines is 1. The highest BCUT2D eigenvalue weighted by atomic mass is 32.2. The third kappa shape index (κ3) is 5.10. The first-order chi connectivity index (χ1) is 12.7. The summed E-state index contributed by atoms with van der Waals surface area (Å²) >= 11 is 2.95. The molecule has 2 aromatic heterocycles. The molecule has 0 saturated heterocycles. The number of nitrogens with zero attached hydrogens (tertiary/aromatic N) is 2. The zero-order valence-electron chi connectivity index (χ0n) is 15.5. The van der Waals surface area contributed by atoms with E-state index in [4.69, 9.17) is 9.52 Å². The number of carboxylic acids is 1. The molecule has 2 aromatic rings. The molecule has 1 aliphatic carbocycles. The summed E-state index contributed by atoms with van der Waals surface area (Å²) in [6.45, 7) is 6.22. The first-order valence-corrected chi connectivity index (χ1v) is 10.6. The molecule has 9 heteroatoms. The van der Waals surface area contributed by atoms with Crippen molar-refractivity contribution >= 4 is 40.1 Å². The van der Waals surface area contributed by atoms with E-state index in [2.05, 4.69) is 36.1 Å². The van der Waals surface area contributed by atoms with Crippen LogP contribution in [0.1, 0.15) is 51.7 Å². The molecule has 2 heterocycles. The Bertz CT molecular complexity index is 825. The first-order valence-electron chi connectivity index (χ1n) is 8.80. The van der Waals surface area contributed by atoms with E-state index in [1.807, 2.05) is 0 Å². The summed E-state index contributed by atoms with van der Waals surface area (Å²) < 4.78 is 6.73. The van der Waals surface area contributed by atoms with Gasteiger partial charge < -0.3 is 14.8 Å². The topological polar surface area (TPSA) is 105 Å². The van der Waals surface area contributed by atoms with E-state index in [9.17, 15) is 9.59 Å². The number of thioether (sulfide) groups is 1. The van der Waals surface area contributed by atoms with Crippen molar-refractivity contribution in [3.63, 3.8) is 0 Å². The van der Waals surface area contributed by atoms with Gasteiger partial charge >= 0.3 is 5.97 Å². The van der Waals surface area contributed by atoms with Crippen LogP contribution in [0, 0.1) is 11.8 Å². The molecule has 7 nitrogen and oxygen atoms in total. The van der Waals surface area contributed by atoms with Gasteiger partial charge in [0.25, 0.3) is 0 Å². The maximum absolute atomic E-state index is 12.3. The zero-order chi connectivity index (χ0) is 19.6. The van der Waals surface area contributed by atoms with Crippen LogP contribution in [0.2, 0.25) is 0 Å². The van der Waals surface area contributed by atoms with E-state index in [1.165, 1.54) is 11.3 Å². The highest BCUT2D eigenvalue weighted by molar-refractivity contribution is 8.00. The molecule has 0 radical (unpaired) electrons. The summed E-state index contributed by atoms with van der Waals surface area (Å²) in [6, 6.07) is 0. The number of carbonyl (C=O) groups excluding carboxylic acids is 1. The molecule has 0 aromatic carbocycles. The lowest BCUT2D eigenvalue weighted by Crippen LogP contribution is -2.21. The number of nitrogens with one attached hydrogen (secondary N) is 1. The number of hydrogen-bond donors (Lipinski definition) is 2. The van der Waals surface area contributed by atoms with Gasteiger partial charge in [-0.25, -0.2) is 9.97 Å². The molecule has 1 fully saturated rings. The van der Waals surface area contributed by atoms with E-state index in [0.717, 1.165) is 9.97 Å². The van der Waals surface area contributed by atoms with E-state index in [-0.39, 0.29) is 17.2 Å². The van der Waals surface area contributed by atoms with Crippen molar-refractivity contribution in [2.45, 2.75) is 55.4 Å². The number of hydrogen-bond acceptors (Lipinski definition) is 7. The quantitative estimate of drug-likeness (QED) is 0.690. The Balaban J connectivity index is 1.51.